The number of piperidine rings is 1. The van der Waals surface area contributed by atoms with E-state index in [9.17, 15) is 5.11 Å². The van der Waals surface area contributed by atoms with Crippen molar-refractivity contribution < 1.29 is 5.11 Å². The molecule has 0 bridgehead atoms. The number of rotatable bonds is 3. The molecule has 1 aliphatic heterocycles. The number of pyridine rings is 1. The molecule has 0 amide bonds. The predicted molar refractivity (Wildman–Crippen MR) is 103 cm³/mol. The van der Waals surface area contributed by atoms with Gasteiger partial charge < -0.3 is 10.4 Å². The molecular formula is C21H21ClN2O. The van der Waals surface area contributed by atoms with Gasteiger partial charge in [0.25, 0.3) is 0 Å². The number of nitrogens with zero attached hydrogens (tertiary/aromatic N) is 1. The minimum absolute atomic E-state index is 0.0713. The van der Waals surface area contributed by atoms with E-state index in [2.05, 4.69) is 5.32 Å². The summed E-state index contributed by atoms with van der Waals surface area (Å²) in [4.78, 5) is 4.78. The molecule has 3 aromatic rings. The summed E-state index contributed by atoms with van der Waals surface area (Å²) >= 11 is 6.21. The molecule has 128 valence electrons. The summed E-state index contributed by atoms with van der Waals surface area (Å²) in [5.41, 5.74) is 3.67. The quantitative estimate of drug-likeness (QED) is 0.716. The molecule has 2 atom stereocenters. The number of aliphatic hydroxyl groups excluding tert-OH is 1. The maximum absolute atomic E-state index is 11.1. The first-order valence-electron chi connectivity index (χ1n) is 8.79. The van der Waals surface area contributed by atoms with Crippen molar-refractivity contribution >= 4 is 22.5 Å². The zero-order chi connectivity index (χ0) is 17.2. The number of aromatic nitrogens is 1. The Morgan fingerprint density at radius 1 is 1.08 bits per heavy atom. The van der Waals surface area contributed by atoms with Gasteiger partial charge in [-0.1, -0.05) is 48.4 Å². The van der Waals surface area contributed by atoms with Gasteiger partial charge in [-0.25, -0.2) is 4.98 Å². The lowest BCUT2D eigenvalue weighted by atomic mass is 9.92. The molecule has 0 aliphatic carbocycles. The second-order valence-electron chi connectivity index (χ2n) is 6.63. The van der Waals surface area contributed by atoms with E-state index in [1.165, 1.54) is 6.42 Å². The first-order valence-corrected chi connectivity index (χ1v) is 9.17. The Hall–Kier alpha value is -1.94. The first kappa shape index (κ1) is 16.5. The van der Waals surface area contributed by atoms with Gasteiger partial charge in [0.05, 0.1) is 17.3 Å². The molecule has 1 aliphatic rings. The lowest BCUT2D eigenvalue weighted by molar-refractivity contribution is 0.115. The number of hydrogen-bond donors (Lipinski definition) is 2. The number of halogens is 1. The maximum Gasteiger partial charge on any atom is 0.0950 e. The van der Waals surface area contributed by atoms with Crippen molar-refractivity contribution in [3.8, 4) is 11.3 Å². The average molecular weight is 353 g/mol. The summed E-state index contributed by atoms with van der Waals surface area (Å²) in [7, 11) is 0. The molecule has 4 heteroatoms. The van der Waals surface area contributed by atoms with Crippen LogP contribution in [0.1, 0.15) is 30.9 Å². The largest absolute Gasteiger partial charge is 0.387 e. The van der Waals surface area contributed by atoms with Crippen LogP contribution in [0.2, 0.25) is 5.02 Å². The SMILES string of the molecule is O[C@H](c1cc(-c2ccccc2)nc2ccc(Cl)cc12)[C@H]1CCCCN1. The minimum atomic E-state index is -0.577. The maximum atomic E-state index is 11.1. The Balaban J connectivity index is 1.86. The Morgan fingerprint density at radius 3 is 2.68 bits per heavy atom. The van der Waals surface area contributed by atoms with Gasteiger partial charge in [-0.2, -0.15) is 0 Å². The van der Waals surface area contributed by atoms with Crippen LogP contribution in [0.5, 0.6) is 0 Å². The van der Waals surface area contributed by atoms with Crippen molar-refractivity contribution in [1.29, 1.82) is 0 Å². The Labute approximate surface area is 152 Å². The van der Waals surface area contributed by atoms with E-state index >= 15 is 0 Å². The van der Waals surface area contributed by atoms with Gasteiger partial charge in [-0.15, -0.1) is 0 Å². The molecule has 25 heavy (non-hydrogen) atoms. The fraction of sp³-hybridized carbons (Fsp3) is 0.286. The van der Waals surface area contributed by atoms with Crippen LogP contribution in [-0.2, 0) is 0 Å². The molecule has 2 aromatic carbocycles. The second kappa shape index (κ2) is 7.12. The summed E-state index contributed by atoms with van der Waals surface area (Å²) in [5, 5.41) is 16.1. The number of benzene rings is 2. The lowest BCUT2D eigenvalue weighted by Crippen LogP contribution is -2.38. The van der Waals surface area contributed by atoms with Crippen LogP contribution in [0.25, 0.3) is 22.2 Å². The van der Waals surface area contributed by atoms with E-state index in [1.807, 2.05) is 54.6 Å². The molecule has 3 nitrogen and oxygen atoms in total. The molecule has 0 saturated carbocycles. The fourth-order valence-electron chi connectivity index (χ4n) is 3.59. The highest BCUT2D eigenvalue weighted by Gasteiger charge is 2.25. The van der Waals surface area contributed by atoms with Crippen molar-refractivity contribution in [1.82, 2.24) is 10.3 Å². The average Bonchev–Trinajstić information content (AvgIpc) is 2.68. The van der Waals surface area contributed by atoms with Gasteiger partial charge in [0, 0.05) is 22.0 Å². The van der Waals surface area contributed by atoms with Crippen LogP contribution in [-0.4, -0.2) is 22.7 Å². The van der Waals surface area contributed by atoms with E-state index in [4.69, 9.17) is 16.6 Å². The molecule has 2 heterocycles. The topological polar surface area (TPSA) is 45.2 Å². The fourth-order valence-corrected chi connectivity index (χ4v) is 3.76. The zero-order valence-corrected chi connectivity index (χ0v) is 14.7. The predicted octanol–water partition coefficient (Wildman–Crippen LogP) is 4.73. The van der Waals surface area contributed by atoms with Crippen LogP contribution >= 0.6 is 11.6 Å². The van der Waals surface area contributed by atoms with E-state index in [0.717, 1.165) is 47.1 Å². The summed E-state index contributed by atoms with van der Waals surface area (Å²) in [6, 6.07) is 17.8. The van der Waals surface area contributed by atoms with Crippen LogP contribution < -0.4 is 5.32 Å². The highest BCUT2D eigenvalue weighted by Crippen LogP contribution is 2.33. The van der Waals surface area contributed by atoms with Gasteiger partial charge in [0.1, 0.15) is 0 Å². The minimum Gasteiger partial charge on any atom is -0.387 e. The first-order chi connectivity index (χ1) is 12.2. The van der Waals surface area contributed by atoms with Gasteiger partial charge in [-0.3, -0.25) is 0 Å². The van der Waals surface area contributed by atoms with Gasteiger partial charge in [-0.05, 0) is 49.2 Å². The molecule has 0 spiro atoms. The van der Waals surface area contributed by atoms with Gasteiger partial charge in [0.15, 0.2) is 0 Å². The molecule has 1 aromatic heterocycles. The number of aliphatic hydroxyl groups is 1. The van der Waals surface area contributed by atoms with Gasteiger partial charge in [0.2, 0.25) is 0 Å². The third-order valence-corrected chi connectivity index (χ3v) is 5.16. The molecule has 0 radical (unpaired) electrons. The van der Waals surface area contributed by atoms with Crippen molar-refractivity contribution in [2.45, 2.75) is 31.4 Å². The number of hydrogen-bond acceptors (Lipinski definition) is 3. The molecule has 0 unspecified atom stereocenters. The van der Waals surface area contributed by atoms with Crippen LogP contribution in [0.3, 0.4) is 0 Å². The monoisotopic (exact) mass is 352 g/mol. The van der Waals surface area contributed by atoms with Crippen molar-refractivity contribution in [2.75, 3.05) is 6.54 Å². The number of nitrogens with one attached hydrogen (secondary N) is 1. The lowest BCUT2D eigenvalue weighted by Gasteiger charge is -2.29. The highest BCUT2D eigenvalue weighted by atomic mass is 35.5. The van der Waals surface area contributed by atoms with Gasteiger partial charge >= 0.3 is 0 Å². The normalized spacial score (nSPS) is 19.0. The van der Waals surface area contributed by atoms with Crippen molar-refractivity contribution in [3.63, 3.8) is 0 Å². The summed E-state index contributed by atoms with van der Waals surface area (Å²) < 4.78 is 0. The standard InChI is InChI=1S/C21H21ClN2O/c22-15-9-10-18-16(12-15)17(21(25)19-8-4-5-11-23-19)13-20(24-18)14-6-2-1-3-7-14/h1-3,6-7,9-10,12-13,19,21,23,25H,4-5,8,11H2/t19-,21-/m1/s1. The van der Waals surface area contributed by atoms with E-state index < -0.39 is 6.10 Å². The number of fused-ring (bicyclic) bond motifs is 1. The third-order valence-electron chi connectivity index (χ3n) is 4.92. The molecule has 1 saturated heterocycles. The van der Waals surface area contributed by atoms with E-state index in [0.29, 0.717) is 5.02 Å². The smallest absolute Gasteiger partial charge is 0.0950 e. The third kappa shape index (κ3) is 3.40. The van der Waals surface area contributed by atoms with Crippen molar-refractivity contribution in [3.05, 3.63) is 65.2 Å². The summed E-state index contributed by atoms with van der Waals surface area (Å²) in [6.07, 6.45) is 2.71. The van der Waals surface area contributed by atoms with Crippen LogP contribution in [0.15, 0.2) is 54.6 Å². The highest BCUT2D eigenvalue weighted by molar-refractivity contribution is 6.31. The Morgan fingerprint density at radius 2 is 1.92 bits per heavy atom. The zero-order valence-electron chi connectivity index (χ0n) is 14.0. The summed E-state index contributed by atoms with van der Waals surface area (Å²) in [6.45, 7) is 0.955. The second-order valence-corrected chi connectivity index (χ2v) is 7.06. The van der Waals surface area contributed by atoms with Crippen LogP contribution in [0, 0.1) is 0 Å². The van der Waals surface area contributed by atoms with E-state index in [-0.39, 0.29) is 6.04 Å². The molecule has 2 N–H and O–H groups in total. The molecule has 1 fully saturated rings. The Bertz CT molecular complexity index is 876. The van der Waals surface area contributed by atoms with E-state index in [1.54, 1.807) is 0 Å². The molecular weight excluding hydrogens is 332 g/mol. The van der Waals surface area contributed by atoms with Crippen LogP contribution in [0.4, 0.5) is 0 Å². The summed E-state index contributed by atoms with van der Waals surface area (Å²) in [5.74, 6) is 0. The Kier molecular flexibility index (Phi) is 4.71. The molecule has 4 rings (SSSR count). The van der Waals surface area contributed by atoms with Crippen molar-refractivity contribution in [2.24, 2.45) is 0 Å².